The Bertz CT molecular complexity index is 539. The molecule has 19 heavy (non-hydrogen) atoms. The van der Waals surface area contributed by atoms with Gasteiger partial charge in [-0.25, -0.2) is 0 Å². The molecule has 0 aromatic carbocycles. The lowest BCUT2D eigenvalue weighted by Gasteiger charge is -2.12. The summed E-state index contributed by atoms with van der Waals surface area (Å²) in [7, 11) is 1.03. The molecule has 0 N–H and O–H groups in total. The lowest BCUT2D eigenvalue weighted by atomic mass is 10.2. The Morgan fingerprint density at radius 2 is 2.21 bits per heavy atom. The molecule has 10 heteroatoms. The lowest BCUT2D eigenvalue weighted by molar-refractivity contribution is -0.389. The van der Waals surface area contributed by atoms with Gasteiger partial charge in [0.1, 0.15) is 5.69 Å². The van der Waals surface area contributed by atoms with Crippen LogP contribution in [-0.4, -0.2) is 23.4 Å². The Morgan fingerprint density at radius 3 is 2.63 bits per heavy atom. The number of ether oxygens (including phenoxy) is 2. The van der Waals surface area contributed by atoms with Gasteiger partial charge in [0.15, 0.2) is 0 Å². The van der Waals surface area contributed by atoms with Gasteiger partial charge in [0.2, 0.25) is 11.5 Å². The number of nitriles is 1. The zero-order valence-corrected chi connectivity index (χ0v) is 9.39. The highest BCUT2D eigenvalue weighted by Gasteiger charge is 2.38. The van der Waals surface area contributed by atoms with Crippen LogP contribution in [0.3, 0.4) is 0 Å². The highest BCUT2D eigenvalue weighted by Crippen LogP contribution is 2.40. The number of alkyl halides is 3. The van der Waals surface area contributed by atoms with Crippen LogP contribution in [0.4, 0.5) is 18.9 Å². The van der Waals surface area contributed by atoms with Crippen LogP contribution >= 0.6 is 0 Å². The van der Waals surface area contributed by atoms with Gasteiger partial charge in [0.25, 0.3) is 0 Å². The second kappa shape index (κ2) is 5.38. The molecule has 0 aliphatic rings. The highest BCUT2D eigenvalue weighted by molar-refractivity contribution is 5.58. The zero-order valence-electron chi connectivity index (χ0n) is 9.39. The number of aromatic nitrogens is 1. The molecular formula is C9H6F3N3O4. The van der Waals surface area contributed by atoms with Gasteiger partial charge in [-0.05, 0) is 0 Å². The Balaban J connectivity index is 3.49. The van der Waals surface area contributed by atoms with Crippen molar-refractivity contribution in [3.05, 3.63) is 22.0 Å². The molecular weight excluding hydrogens is 271 g/mol. The van der Waals surface area contributed by atoms with Crippen LogP contribution in [-0.2, 0) is 6.42 Å². The summed E-state index contributed by atoms with van der Waals surface area (Å²) in [5, 5.41) is 19.3. The lowest BCUT2D eigenvalue weighted by Crippen LogP contribution is -2.19. The largest absolute Gasteiger partial charge is 0.573 e. The first-order valence-corrected chi connectivity index (χ1v) is 4.63. The van der Waals surface area contributed by atoms with E-state index >= 15 is 0 Å². The summed E-state index contributed by atoms with van der Waals surface area (Å²) in [6.07, 6.45) is -4.87. The maximum Gasteiger partial charge on any atom is 0.573 e. The van der Waals surface area contributed by atoms with Crippen molar-refractivity contribution in [3.8, 4) is 17.6 Å². The van der Waals surface area contributed by atoms with Gasteiger partial charge < -0.3 is 9.47 Å². The molecule has 0 aliphatic heterocycles. The van der Waals surface area contributed by atoms with E-state index in [-0.39, 0.29) is 0 Å². The van der Waals surface area contributed by atoms with Crippen LogP contribution in [0.25, 0.3) is 0 Å². The van der Waals surface area contributed by atoms with Gasteiger partial charge in [-0.3, -0.25) is 15.1 Å². The third-order valence-corrected chi connectivity index (χ3v) is 1.91. The van der Waals surface area contributed by atoms with Gasteiger partial charge in [-0.15, -0.1) is 13.2 Å². The van der Waals surface area contributed by atoms with Crippen LogP contribution in [0.2, 0.25) is 0 Å². The number of pyridine rings is 1. The van der Waals surface area contributed by atoms with Gasteiger partial charge in [0.05, 0.1) is 30.7 Å². The molecule has 1 rings (SSSR count). The average molecular weight is 277 g/mol. The summed E-state index contributed by atoms with van der Waals surface area (Å²) in [5.41, 5.74) is -1.52. The van der Waals surface area contributed by atoms with Crippen LogP contribution in [0.1, 0.15) is 5.69 Å². The Hall–Kier alpha value is -2.57. The maximum atomic E-state index is 12.2. The molecule has 1 aromatic rings. The molecule has 0 aliphatic carbocycles. The van der Waals surface area contributed by atoms with Crippen molar-refractivity contribution in [2.75, 3.05) is 7.11 Å². The van der Waals surface area contributed by atoms with Crippen molar-refractivity contribution >= 4 is 5.69 Å². The molecule has 0 amide bonds. The van der Waals surface area contributed by atoms with E-state index in [0.717, 1.165) is 13.3 Å². The normalized spacial score (nSPS) is 10.7. The highest BCUT2D eigenvalue weighted by atomic mass is 19.4. The summed E-state index contributed by atoms with van der Waals surface area (Å²) in [5.74, 6) is -1.63. The second-order valence-electron chi connectivity index (χ2n) is 3.09. The van der Waals surface area contributed by atoms with Crippen molar-refractivity contribution in [1.82, 2.24) is 4.98 Å². The van der Waals surface area contributed by atoms with Gasteiger partial charge in [0, 0.05) is 0 Å². The molecule has 102 valence electrons. The van der Waals surface area contributed by atoms with E-state index in [1.807, 2.05) is 0 Å². The Morgan fingerprint density at radius 1 is 1.58 bits per heavy atom. The summed E-state index contributed by atoms with van der Waals surface area (Å²) >= 11 is 0. The van der Waals surface area contributed by atoms with Gasteiger partial charge in [-0.2, -0.15) is 5.26 Å². The Labute approximate surface area is 104 Å². The first-order valence-electron chi connectivity index (χ1n) is 4.63. The van der Waals surface area contributed by atoms with Gasteiger partial charge >= 0.3 is 12.0 Å². The summed E-state index contributed by atoms with van der Waals surface area (Å²) in [6, 6.07) is 1.54. The van der Waals surface area contributed by atoms with Crippen molar-refractivity contribution in [3.63, 3.8) is 0 Å². The smallest absolute Gasteiger partial charge is 0.489 e. The predicted molar refractivity (Wildman–Crippen MR) is 53.4 cm³/mol. The number of halogens is 3. The standard InChI is InChI=1S/C9H6F3N3O4/c1-18-6-4-14-5(2-3-13)8(7(6)15(16)17)19-9(10,11)12/h4H,2H2,1H3. The average Bonchev–Trinajstić information content (AvgIpc) is 2.28. The predicted octanol–water partition coefficient (Wildman–Crippen LogP) is 1.96. The minimum Gasteiger partial charge on any atom is -0.489 e. The van der Waals surface area contributed by atoms with Crippen molar-refractivity contribution in [1.29, 1.82) is 5.26 Å². The molecule has 0 radical (unpaired) electrons. The Kier molecular flexibility index (Phi) is 4.11. The molecule has 7 nitrogen and oxygen atoms in total. The van der Waals surface area contributed by atoms with Crippen LogP contribution in [0.15, 0.2) is 6.20 Å². The topological polar surface area (TPSA) is 98.3 Å². The van der Waals surface area contributed by atoms with E-state index in [1.54, 1.807) is 6.07 Å². The number of hydrogen-bond acceptors (Lipinski definition) is 6. The molecule has 1 aromatic heterocycles. The van der Waals surface area contributed by atoms with E-state index in [2.05, 4.69) is 14.5 Å². The second-order valence-corrected chi connectivity index (χ2v) is 3.09. The summed E-state index contributed by atoms with van der Waals surface area (Å²) in [4.78, 5) is 13.2. The van der Waals surface area contributed by atoms with Gasteiger partial charge in [-0.1, -0.05) is 0 Å². The van der Waals surface area contributed by atoms with Crippen LogP contribution < -0.4 is 9.47 Å². The minimum atomic E-state index is -5.15. The van der Waals surface area contributed by atoms with Crippen molar-refractivity contribution in [2.45, 2.75) is 12.8 Å². The molecule has 0 bridgehead atoms. The number of hydrogen-bond donors (Lipinski definition) is 0. The molecule has 0 atom stereocenters. The fourth-order valence-electron chi connectivity index (χ4n) is 1.25. The quantitative estimate of drug-likeness (QED) is 0.616. The van der Waals surface area contributed by atoms with Crippen molar-refractivity contribution in [2.24, 2.45) is 0 Å². The van der Waals surface area contributed by atoms with E-state index in [9.17, 15) is 23.3 Å². The first kappa shape index (κ1) is 14.5. The molecule has 0 fully saturated rings. The zero-order chi connectivity index (χ0) is 14.6. The van der Waals surface area contributed by atoms with Crippen LogP contribution in [0, 0.1) is 21.4 Å². The van der Waals surface area contributed by atoms with E-state index in [4.69, 9.17) is 5.26 Å². The fourth-order valence-corrected chi connectivity index (χ4v) is 1.25. The summed E-state index contributed by atoms with van der Waals surface area (Å²) in [6.45, 7) is 0. The third kappa shape index (κ3) is 3.44. The number of nitrogens with zero attached hydrogens (tertiary/aromatic N) is 3. The molecule has 0 spiro atoms. The van der Waals surface area contributed by atoms with E-state index < -0.39 is 40.6 Å². The van der Waals surface area contributed by atoms with Crippen LogP contribution in [0.5, 0.6) is 11.5 Å². The summed E-state index contributed by atoms with van der Waals surface area (Å²) < 4.78 is 44.9. The number of nitro groups is 1. The first-order chi connectivity index (χ1) is 8.80. The molecule has 0 saturated carbocycles. The minimum absolute atomic E-state index is 0.493. The number of rotatable bonds is 4. The molecule has 0 unspecified atom stereocenters. The molecule has 0 saturated heterocycles. The third-order valence-electron chi connectivity index (χ3n) is 1.91. The fraction of sp³-hybridized carbons (Fsp3) is 0.333. The number of methoxy groups -OCH3 is 1. The maximum absolute atomic E-state index is 12.2. The van der Waals surface area contributed by atoms with E-state index in [0.29, 0.717) is 0 Å². The molecule has 1 heterocycles. The SMILES string of the molecule is COc1cnc(CC#N)c(OC(F)(F)F)c1[N+](=O)[O-]. The van der Waals surface area contributed by atoms with Crippen molar-refractivity contribution < 1.29 is 27.6 Å². The van der Waals surface area contributed by atoms with E-state index in [1.165, 1.54) is 0 Å². The monoisotopic (exact) mass is 277 g/mol.